The molecule has 1 aromatic heterocycles. The van der Waals surface area contributed by atoms with Crippen LogP contribution in [0.4, 0.5) is 0 Å². The van der Waals surface area contributed by atoms with Crippen molar-refractivity contribution >= 4 is 5.91 Å². The van der Waals surface area contributed by atoms with Gasteiger partial charge in [0.15, 0.2) is 5.82 Å². The molecule has 0 saturated carbocycles. The number of aromatic nitrogens is 2. The summed E-state index contributed by atoms with van der Waals surface area (Å²) in [5.41, 5.74) is 0.536. The monoisotopic (exact) mass is 358 g/mol. The van der Waals surface area contributed by atoms with Gasteiger partial charge in [0.05, 0.1) is 13.7 Å². The average Bonchev–Trinajstić information content (AvgIpc) is 3.11. The number of methoxy groups -OCH3 is 1. The van der Waals surface area contributed by atoms with Crippen molar-refractivity contribution in [3.8, 4) is 5.75 Å². The van der Waals surface area contributed by atoms with Crippen LogP contribution >= 0.6 is 0 Å². The van der Waals surface area contributed by atoms with Crippen LogP contribution in [-0.4, -0.2) is 59.1 Å². The van der Waals surface area contributed by atoms with Crippen molar-refractivity contribution in [3.63, 3.8) is 0 Å². The van der Waals surface area contributed by atoms with Gasteiger partial charge >= 0.3 is 0 Å². The number of benzene rings is 1. The molecule has 2 aromatic rings. The first-order chi connectivity index (χ1) is 12.4. The molecule has 1 saturated heterocycles. The van der Waals surface area contributed by atoms with Gasteiger partial charge < -0.3 is 14.2 Å². The number of nitrogens with zero attached hydrogens (tertiary/aromatic N) is 4. The maximum atomic E-state index is 12.7. The molecule has 1 amide bonds. The Morgan fingerprint density at radius 3 is 2.58 bits per heavy atom. The second-order valence-corrected chi connectivity index (χ2v) is 7.56. The molecule has 1 aliphatic heterocycles. The van der Waals surface area contributed by atoms with Crippen molar-refractivity contribution in [2.45, 2.75) is 32.7 Å². The molecular weight excluding hydrogens is 332 g/mol. The smallest absolute Gasteiger partial charge is 0.254 e. The fourth-order valence-electron chi connectivity index (χ4n) is 2.86. The molecule has 2 heterocycles. The molecule has 0 N–H and O–H groups in total. The van der Waals surface area contributed by atoms with Crippen molar-refractivity contribution in [1.29, 1.82) is 0 Å². The quantitative estimate of drug-likeness (QED) is 0.835. The molecule has 7 nitrogen and oxygen atoms in total. The van der Waals surface area contributed by atoms with E-state index in [0.717, 1.165) is 18.9 Å². The predicted octanol–water partition coefficient (Wildman–Crippen LogP) is 2.33. The summed E-state index contributed by atoms with van der Waals surface area (Å²) in [6.45, 7) is 9.71. The molecule has 140 valence electrons. The Morgan fingerprint density at radius 2 is 1.96 bits per heavy atom. The minimum absolute atomic E-state index is 0.0383. The first-order valence-electron chi connectivity index (χ1n) is 8.85. The maximum Gasteiger partial charge on any atom is 0.254 e. The van der Waals surface area contributed by atoms with Gasteiger partial charge in [-0.25, -0.2) is 0 Å². The van der Waals surface area contributed by atoms with Crippen LogP contribution < -0.4 is 4.74 Å². The number of ether oxygens (including phenoxy) is 1. The van der Waals surface area contributed by atoms with Crippen LogP contribution in [0.15, 0.2) is 28.8 Å². The van der Waals surface area contributed by atoms with Gasteiger partial charge in [-0.2, -0.15) is 4.98 Å². The molecule has 3 rings (SSSR count). The number of piperazine rings is 1. The number of rotatable bonds is 4. The zero-order chi connectivity index (χ0) is 18.7. The lowest BCUT2D eigenvalue weighted by Crippen LogP contribution is -2.48. The Bertz CT molecular complexity index is 758. The van der Waals surface area contributed by atoms with Crippen LogP contribution in [0.1, 0.15) is 42.8 Å². The van der Waals surface area contributed by atoms with Gasteiger partial charge in [-0.05, 0) is 18.2 Å². The van der Waals surface area contributed by atoms with Gasteiger partial charge in [0.2, 0.25) is 5.89 Å². The summed E-state index contributed by atoms with van der Waals surface area (Å²) >= 11 is 0. The molecule has 1 fully saturated rings. The number of hydrogen-bond acceptors (Lipinski definition) is 6. The molecule has 0 bridgehead atoms. The highest BCUT2D eigenvalue weighted by Crippen LogP contribution is 2.20. The summed E-state index contributed by atoms with van der Waals surface area (Å²) in [5, 5.41) is 4.06. The predicted molar refractivity (Wildman–Crippen MR) is 97.2 cm³/mol. The second-order valence-electron chi connectivity index (χ2n) is 7.56. The van der Waals surface area contributed by atoms with Gasteiger partial charge in [-0.15, -0.1) is 0 Å². The Labute approximate surface area is 153 Å². The van der Waals surface area contributed by atoms with Crippen molar-refractivity contribution in [1.82, 2.24) is 19.9 Å². The van der Waals surface area contributed by atoms with Crippen LogP contribution in [0.5, 0.6) is 5.75 Å². The van der Waals surface area contributed by atoms with Gasteiger partial charge in [0.1, 0.15) is 5.75 Å². The summed E-state index contributed by atoms with van der Waals surface area (Å²) in [6.07, 6.45) is 0. The van der Waals surface area contributed by atoms with E-state index in [-0.39, 0.29) is 11.3 Å². The molecule has 0 spiro atoms. The molecule has 26 heavy (non-hydrogen) atoms. The normalized spacial score (nSPS) is 15.9. The average molecular weight is 358 g/mol. The SMILES string of the molecule is COc1cccc(C(=O)N2CCN(Cc3nc(C(C)(C)C)no3)CC2)c1. The second kappa shape index (κ2) is 7.45. The van der Waals surface area contributed by atoms with E-state index in [1.54, 1.807) is 13.2 Å². The fourth-order valence-corrected chi connectivity index (χ4v) is 2.86. The molecule has 0 atom stereocenters. The molecule has 0 unspecified atom stereocenters. The highest BCUT2D eigenvalue weighted by molar-refractivity contribution is 5.94. The van der Waals surface area contributed by atoms with E-state index < -0.39 is 0 Å². The molecule has 1 aromatic carbocycles. The highest BCUT2D eigenvalue weighted by Gasteiger charge is 2.25. The van der Waals surface area contributed by atoms with E-state index in [9.17, 15) is 4.79 Å². The van der Waals surface area contributed by atoms with Crippen LogP contribution in [0.2, 0.25) is 0 Å². The summed E-state index contributed by atoms with van der Waals surface area (Å²) in [7, 11) is 1.60. The van der Waals surface area contributed by atoms with Crippen LogP contribution in [0, 0.1) is 0 Å². The van der Waals surface area contributed by atoms with Crippen molar-refractivity contribution in [2.75, 3.05) is 33.3 Å². The largest absolute Gasteiger partial charge is 0.497 e. The summed E-state index contributed by atoms with van der Waals surface area (Å²) in [6, 6.07) is 7.28. The maximum absolute atomic E-state index is 12.7. The van der Waals surface area contributed by atoms with Gasteiger partial charge in [0.25, 0.3) is 5.91 Å². The number of carbonyl (C=O) groups is 1. The van der Waals surface area contributed by atoms with Gasteiger partial charge in [-0.1, -0.05) is 32.0 Å². The lowest BCUT2D eigenvalue weighted by molar-refractivity contribution is 0.0615. The van der Waals surface area contributed by atoms with E-state index in [1.807, 2.05) is 23.1 Å². The third-order valence-corrected chi connectivity index (χ3v) is 4.47. The Balaban J connectivity index is 1.55. The van der Waals surface area contributed by atoms with E-state index in [1.165, 1.54) is 0 Å². The first kappa shape index (κ1) is 18.4. The lowest BCUT2D eigenvalue weighted by Gasteiger charge is -2.34. The number of hydrogen-bond donors (Lipinski definition) is 0. The topological polar surface area (TPSA) is 71.7 Å². The summed E-state index contributed by atoms with van der Waals surface area (Å²) < 4.78 is 10.6. The Kier molecular flexibility index (Phi) is 5.27. The van der Waals surface area contributed by atoms with Crippen LogP contribution in [-0.2, 0) is 12.0 Å². The Morgan fingerprint density at radius 1 is 1.23 bits per heavy atom. The zero-order valence-electron chi connectivity index (χ0n) is 15.9. The van der Waals surface area contributed by atoms with Gasteiger partial charge in [-0.3, -0.25) is 9.69 Å². The van der Waals surface area contributed by atoms with Crippen molar-refractivity contribution < 1.29 is 14.1 Å². The zero-order valence-corrected chi connectivity index (χ0v) is 15.9. The van der Waals surface area contributed by atoms with Crippen molar-refractivity contribution in [3.05, 3.63) is 41.5 Å². The molecule has 0 radical (unpaired) electrons. The highest BCUT2D eigenvalue weighted by atomic mass is 16.5. The molecule has 7 heteroatoms. The third kappa shape index (κ3) is 4.22. The molecule has 1 aliphatic rings. The fraction of sp³-hybridized carbons (Fsp3) is 0.526. The van der Waals surface area contributed by atoms with Crippen molar-refractivity contribution in [2.24, 2.45) is 0 Å². The minimum atomic E-state index is -0.121. The van der Waals surface area contributed by atoms with E-state index >= 15 is 0 Å². The minimum Gasteiger partial charge on any atom is -0.497 e. The van der Waals surface area contributed by atoms with Crippen LogP contribution in [0.25, 0.3) is 0 Å². The number of carbonyl (C=O) groups excluding carboxylic acids is 1. The summed E-state index contributed by atoms with van der Waals surface area (Å²) in [4.78, 5) is 21.2. The molecular formula is C19H26N4O3. The van der Waals surface area contributed by atoms with E-state index in [4.69, 9.17) is 9.26 Å². The Hall–Kier alpha value is -2.41. The van der Waals surface area contributed by atoms with Gasteiger partial charge in [0, 0.05) is 37.2 Å². The first-order valence-corrected chi connectivity index (χ1v) is 8.85. The standard InChI is InChI=1S/C19H26N4O3/c1-19(2,3)18-20-16(26-21-18)13-22-8-10-23(11-9-22)17(24)14-6-5-7-15(12-14)25-4/h5-7,12H,8-11,13H2,1-4H3. The summed E-state index contributed by atoms with van der Waals surface area (Å²) in [5.74, 6) is 2.08. The lowest BCUT2D eigenvalue weighted by atomic mass is 9.96. The van der Waals surface area contributed by atoms with Crippen LogP contribution in [0.3, 0.4) is 0 Å². The van der Waals surface area contributed by atoms with E-state index in [0.29, 0.717) is 36.8 Å². The third-order valence-electron chi connectivity index (χ3n) is 4.47. The number of amides is 1. The van der Waals surface area contributed by atoms with E-state index in [2.05, 4.69) is 35.8 Å². The molecule has 0 aliphatic carbocycles.